The largest absolute Gasteiger partial charge is 0.382 e. The minimum atomic E-state index is 0.526. The van der Waals surface area contributed by atoms with E-state index in [2.05, 4.69) is 5.10 Å². The standard InChI is InChI=1S/C11H11Cl2N3/c1-6-10(16(2)15-11(6)14)7-3-4-8(12)9(13)5-7/h3-5H,1-2H3,(H2,14,15). The first-order valence-corrected chi connectivity index (χ1v) is 5.51. The van der Waals surface area contributed by atoms with Gasteiger partial charge in [-0.2, -0.15) is 5.10 Å². The van der Waals surface area contributed by atoms with Crippen LogP contribution < -0.4 is 5.73 Å². The molecule has 5 heteroatoms. The zero-order chi connectivity index (χ0) is 11.9. The number of benzene rings is 1. The molecular weight excluding hydrogens is 245 g/mol. The number of nitrogens with two attached hydrogens (primary N) is 1. The summed E-state index contributed by atoms with van der Waals surface area (Å²) in [6.45, 7) is 1.93. The predicted octanol–water partition coefficient (Wildman–Crippen LogP) is 3.28. The second kappa shape index (κ2) is 4.00. The number of nitrogens with zero attached hydrogens (tertiary/aromatic N) is 2. The number of aryl methyl sites for hydroxylation is 1. The lowest BCUT2D eigenvalue weighted by Crippen LogP contribution is -1.94. The molecule has 0 saturated heterocycles. The Morgan fingerprint density at radius 1 is 1.25 bits per heavy atom. The monoisotopic (exact) mass is 255 g/mol. The molecule has 0 unspecified atom stereocenters. The zero-order valence-corrected chi connectivity index (χ0v) is 10.5. The Morgan fingerprint density at radius 2 is 1.94 bits per heavy atom. The molecule has 84 valence electrons. The molecule has 2 aromatic rings. The van der Waals surface area contributed by atoms with E-state index in [0.29, 0.717) is 15.9 Å². The lowest BCUT2D eigenvalue weighted by atomic mass is 10.1. The van der Waals surface area contributed by atoms with Gasteiger partial charge in [0.1, 0.15) is 5.82 Å². The number of rotatable bonds is 1. The van der Waals surface area contributed by atoms with Crippen molar-refractivity contribution in [2.24, 2.45) is 7.05 Å². The van der Waals surface area contributed by atoms with Crippen LogP contribution in [0.4, 0.5) is 5.82 Å². The highest BCUT2D eigenvalue weighted by Gasteiger charge is 2.12. The number of anilines is 1. The van der Waals surface area contributed by atoms with Gasteiger partial charge in [-0.25, -0.2) is 0 Å². The van der Waals surface area contributed by atoms with Crippen molar-refractivity contribution in [3.8, 4) is 11.3 Å². The van der Waals surface area contributed by atoms with Gasteiger partial charge < -0.3 is 5.73 Å². The van der Waals surface area contributed by atoms with Gasteiger partial charge in [0.05, 0.1) is 15.7 Å². The minimum Gasteiger partial charge on any atom is -0.382 e. The second-order valence-electron chi connectivity index (χ2n) is 3.61. The van der Waals surface area contributed by atoms with E-state index in [1.165, 1.54) is 0 Å². The third kappa shape index (κ3) is 1.77. The average Bonchev–Trinajstić information content (AvgIpc) is 2.47. The Morgan fingerprint density at radius 3 is 2.44 bits per heavy atom. The maximum absolute atomic E-state index is 5.98. The van der Waals surface area contributed by atoms with Crippen molar-refractivity contribution in [2.75, 3.05) is 5.73 Å². The van der Waals surface area contributed by atoms with Gasteiger partial charge in [-0.1, -0.05) is 29.3 Å². The summed E-state index contributed by atoms with van der Waals surface area (Å²) < 4.78 is 1.74. The lowest BCUT2D eigenvalue weighted by Gasteiger charge is -2.05. The molecule has 1 aromatic carbocycles. The van der Waals surface area contributed by atoms with Gasteiger partial charge >= 0.3 is 0 Å². The van der Waals surface area contributed by atoms with Crippen LogP contribution in [0, 0.1) is 6.92 Å². The van der Waals surface area contributed by atoms with Gasteiger partial charge in [0.25, 0.3) is 0 Å². The molecular formula is C11H11Cl2N3. The predicted molar refractivity (Wildman–Crippen MR) is 67.8 cm³/mol. The van der Waals surface area contributed by atoms with Crippen molar-refractivity contribution in [3.05, 3.63) is 33.8 Å². The summed E-state index contributed by atoms with van der Waals surface area (Å²) in [5.41, 5.74) is 8.61. The maximum atomic E-state index is 5.98. The van der Waals surface area contributed by atoms with E-state index in [1.54, 1.807) is 10.7 Å². The summed E-state index contributed by atoms with van der Waals surface area (Å²) in [6.07, 6.45) is 0. The first kappa shape index (κ1) is 11.3. The molecule has 16 heavy (non-hydrogen) atoms. The molecule has 1 aromatic heterocycles. The Bertz CT molecular complexity index is 546. The van der Waals surface area contributed by atoms with Crippen molar-refractivity contribution >= 4 is 29.0 Å². The molecule has 0 aliphatic carbocycles. The first-order chi connectivity index (χ1) is 7.50. The zero-order valence-electron chi connectivity index (χ0n) is 8.96. The fourth-order valence-corrected chi connectivity index (χ4v) is 2.00. The molecule has 2 rings (SSSR count). The fraction of sp³-hybridized carbons (Fsp3) is 0.182. The molecule has 0 aliphatic rings. The van der Waals surface area contributed by atoms with Crippen LogP contribution in [0.1, 0.15) is 5.56 Å². The number of aromatic nitrogens is 2. The SMILES string of the molecule is Cc1c(N)nn(C)c1-c1ccc(Cl)c(Cl)c1. The van der Waals surface area contributed by atoms with Gasteiger partial charge in [-0.3, -0.25) is 4.68 Å². The van der Waals surface area contributed by atoms with E-state index < -0.39 is 0 Å². The number of hydrogen-bond donors (Lipinski definition) is 1. The molecule has 0 bridgehead atoms. The van der Waals surface area contributed by atoms with Crippen molar-refractivity contribution in [1.82, 2.24) is 9.78 Å². The smallest absolute Gasteiger partial charge is 0.148 e. The second-order valence-corrected chi connectivity index (χ2v) is 4.43. The van der Waals surface area contributed by atoms with Crippen LogP contribution in [-0.4, -0.2) is 9.78 Å². The number of halogens is 2. The highest BCUT2D eigenvalue weighted by Crippen LogP contribution is 2.31. The molecule has 0 aliphatic heterocycles. The molecule has 0 saturated carbocycles. The Kier molecular flexibility index (Phi) is 2.82. The molecule has 0 atom stereocenters. The van der Waals surface area contributed by atoms with Crippen LogP contribution in [0.15, 0.2) is 18.2 Å². The molecule has 0 fully saturated rings. The van der Waals surface area contributed by atoms with E-state index >= 15 is 0 Å². The van der Waals surface area contributed by atoms with Gasteiger partial charge in [-0.15, -0.1) is 0 Å². The van der Waals surface area contributed by atoms with Gasteiger partial charge in [0.2, 0.25) is 0 Å². The molecule has 0 radical (unpaired) electrons. The summed E-state index contributed by atoms with van der Waals surface area (Å²) >= 11 is 11.9. The van der Waals surface area contributed by atoms with Crippen molar-refractivity contribution < 1.29 is 0 Å². The normalized spacial score (nSPS) is 10.8. The summed E-state index contributed by atoms with van der Waals surface area (Å²) in [4.78, 5) is 0. The quantitative estimate of drug-likeness (QED) is 0.850. The summed E-state index contributed by atoms with van der Waals surface area (Å²) in [7, 11) is 1.85. The Labute approximate surface area is 104 Å². The van der Waals surface area contributed by atoms with Crippen molar-refractivity contribution in [3.63, 3.8) is 0 Å². The van der Waals surface area contributed by atoms with Gasteiger partial charge in [0.15, 0.2) is 0 Å². The van der Waals surface area contributed by atoms with E-state index in [0.717, 1.165) is 16.8 Å². The summed E-state index contributed by atoms with van der Waals surface area (Å²) in [6, 6.07) is 5.48. The van der Waals surface area contributed by atoms with Gasteiger partial charge in [0, 0.05) is 18.2 Å². The van der Waals surface area contributed by atoms with Gasteiger partial charge in [-0.05, 0) is 19.1 Å². The summed E-state index contributed by atoms with van der Waals surface area (Å²) in [5, 5.41) is 5.22. The van der Waals surface area contributed by atoms with Crippen molar-refractivity contribution in [2.45, 2.75) is 6.92 Å². The van der Waals surface area contributed by atoms with Crippen LogP contribution >= 0.6 is 23.2 Å². The van der Waals surface area contributed by atoms with Crippen LogP contribution in [0.25, 0.3) is 11.3 Å². The maximum Gasteiger partial charge on any atom is 0.148 e. The van der Waals surface area contributed by atoms with E-state index in [1.807, 2.05) is 26.1 Å². The highest BCUT2D eigenvalue weighted by molar-refractivity contribution is 6.42. The lowest BCUT2D eigenvalue weighted by molar-refractivity contribution is 0.780. The Hall–Kier alpha value is -1.19. The first-order valence-electron chi connectivity index (χ1n) is 4.75. The topological polar surface area (TPSA) is 43.8 Å². The Balaban J connectivity index is 2.63. The molecule has 0 spiro atoms. The van der Waals surface area contributed by atoms with E-state index in [4.69, 9.17) is 28.9 Å². The van der Waals surface area contributed by atoms with E-state index in [-0.39, 0.29) is 0 Å². The molecule has 2 N–H and O–H groups in total. The number of hydrogen-bond acceptors (Lipinski definition) is 2. The van der Waals surface area contributed by atoms with Crippen molar-refractivity contribution in [1.29, 1.82) is 0 Å². The molecule has 0 amide bonds. The fourth-order valence-electron chi connectivity index (χ4n) is 1.70. The highest BCUT2D eigenvalue weighted by atomic mass is 35.5. The average molecular weight is 256 g/mol. The molecule has 1 heterocycles. The number of nitrogen functional groups attached to an aromatic ring is 1. The van der Waals surface area contributed by atoms with Crippen LogP contribution in [0.5, 0.6) is 0 Å². The summed E-state index contributed by atoms with van der Waals surface area (Å²) in [5.74, 6) is 0.531. The minimum absolute atomic E-state index is 0.526. The van der Waals surface area contributed by atoms with E-state index in [9.17, 15) is 0 Å². The third-order valence-corrected chi connectivity index (χ3v) is 3.25. The van der Waals surface area contributed by atoms with Crippen LogP contribution in [-0.2, 0) is 7.05 Å². The third-order valence-electron chi connectivity index (χ3n) is 2.51. The van der Waals surface area contributed by atoms with Crippen LogP contribution in [0.3, 0.4) is 0 Å². The molecule has 3 nitrogen and oxygen atoms in total. The van der Waals surface area contributed by atoms with Crippen LogP contribution in [0.2, 0.25) is 10.0 Å².